The highest BCUT2D eigenvalue weighted by Crippen LogP contribution is 2.22. The lowest BCUT2D eigenvalue weighted by molar-refractivity contribution is 0.383. The van der Waals surface area contributed by atoms with Gasteiger partial charge in [0.05, 0.1) is 12.5 Å². The molecule has 1 unspecified atom stereocenters. The number of rotatable bonds is 7. The van der Waals surface area contributed by atoms with E-state index >= 15 is 0 Å². The van der Waals surface area contributed by atoms with Crippen molar-refractivity contribution in [2.75, 3.05) is 6.54 Å². The monoisotopic (exact) mass is 474 g/mol. The molecule has 2 aromatic rings. The van der Waals surface area contributed by atoms with E-state index in [1.165, 1.54) is 0 Å². The van der Waals surface area contributed by atoms with Crippen LogP contribution in [0.2, 0.25) is 0 Å². The van der Waals surface area contributed by atoms with E-state index in [9.17, 15) is 0 Å². The van der Waals surface area contributed by atoms with Gasteiger partial charge in [0.25, 0.3) is 0 Å². The average molecular weight is 474 g/mol. The molecule has 1 atom stereocenters. The summed E-state index contributed by atoms with van der Waals surface area (Å²) >= 11 is 0. The lowest BCUT2D eigenvalue weighted by Crippen LogP contribution is -2.42. The van der Waals surface area contributed by atoms with Crippen LogP contribution in [-0.4, -0.2) is 23.5 Å². The number of hydrogen-bond donors (Lipinski definition) is 2. The summed E-state index contributed by atoms with van der Waals surface area (Å²) < 4.78 is 11.2. The summed E-state index contributed by atoms with van der Waals surface area (Å²) in [7, 11) is 0. The molecule has 0 aliphatic heterocycles. The van der Waals surface area contributed by atoms with Crippen molar-refractivity contribution < 1.29 is 8.83 Å². The fourth-order valence-electron chi connectivity index (χ4n) is 2.12. The standard InChI is InChI=1S/C19H30N4O2.HI/c1-6-14(2)23-18(20-10-9-15-8-7-11-24-15)22-13-17-21-12-16(25-17)19(3,4)5;/h7-8,11-12,14H,6,9-10,13H2,1-5H3,(H2,20,22,23);1H. The summed E-state index contributed by atoms with van der Waals surface area (Å²) in [6.45, 7) is 11.7. The molecule has 146 valence electrons. The highest BCUT2D eigenvalue weighted by Gasteiger charge is 2.19. The van der Waals surface area contributed by atoms with E-state index in [4.69, 9.17) is 8.83 Å². The van der Waals surface area contributed by atoms with Gasteiger partial charge in [0, 0.05) is 24.4 Å². The molecule has 0 radical (unpaired) electrons. The Balaban J connectivity index is 0.00000338. The SMILES string of the molecule is CCC(C)NC(=NCc1ncc(C(C)(C)C)o1)NCCc1ccco1.I. The molecule has 0 aromatic carbocycles. The Morgan fingerprint density at radius 1 is 1.35 bits per heavy atom. The van der Waals surface area contributed by atoms with E-state index in [-0.39, 0.29) is 29.4 Å². The second-order valence-corrected chi connectivity index (χ2v) is 7.24. The highest BCUT2D eigenvalue weighted by molar-refractivity contribution is 14.0. The van der Waals surface area contributed by atoms with E-state index in [1.54, 1.807) is 12.5 Å². The summed E-state index contributed by atoms with van der Waals surface area (Å²) in [6.07, 6.45) is 5.31. The smallest absolute Gasteiger partial charge is 0.216 e. The first-order valence-electron chi connectivity index (χ1n) is 8.91. The summed E-state index contributed by atoms with van der Waals surface area (Å²) in [5.74, 6) is 3.22. The molecule has 2 aromatic heterocycles. The number of aliphatic imine (C=N–C) groups is 1. The van der Waals surface area contributed by atoms with E-state index in [0.717, 1.165) is 36.9 Å². The van der Waals surface area contributed by atoms with Gasteiger partial charge in [-0.1, -0.05) is 27.7 Å². The molecule has 0 saturated heterocycles. The van der Waals surface area contributed by atoms with Gasteiger partial charge in [0.2, 0.25) is 5.89 Å². The molecule has 0 spiro atoms. The van der Waals surface area contributed by atoms with Gasteiger partial charge < -0.3 is 19.5 Å². The summed E-state index contributed by atoms with van der Waals surface area (Å²) in [4.78, 5) is 8.93. The van der Waals surface area contributed by atoms with Crippen molar-refractivity contribution >= 4 is 29.9 Å². The quantitative estimate of drug-likeness (QED) is 0.357. The predicted molar refractivity (Wildman–Crippen MR) is 115 cm³/mol. The minimum Gasteiger partial charge on any atom is -0.469 e. The van der Waals surface area contributed by atoms with E-state index in [1.807, 2.05) is 12.1 Å². The number of aromatic nitrogens is 1. The van der Waals surface area contributed by atoms with Gasteiger partial charge in [-0.2, -0.15) is 0 Å². The van der Waals surface area contributed by atoms with E-state index < -0.39 is 0 Å². The van der Waals surface area contributed by atoms with Crippen LogP contribution >= 0.6 is 24.0 Å². The molecule has 2 N–H and O–H groups in total. The summed E-state index contributed by atoms with van der Waals surface area (Å²) in [6, 6.07) is 4.21. The van der Waals surface area contributed by atoms with Crippen molar-refractivity contribution in [3.63, 3.8) is 0 Å². The van der Waals surface area contributed by atoms with Crippen LogP contribution in [0.3, 0.4) is 0 Å². The fraction of sp³-hybridized carbons (Fsp3) is 0.579. The fourth-order valence-corrected chi connectivity index (χ4v) is 2.12. The van der Waals surface area contributed by atoms with Crippen LogP contribution in [0.25, 0.3) is 0 Å². The third-order valence-corrected chi connectivity index (χ3v) is 3.90. The first-order chi connectivity index (χ1) is 11.9. The molecule has 0 aliphatic carbocycles. The third-order valence-electron chi connectivity index (χ3n) is 3.90. The Morgan fingerprint density at radius 3 is 2.69 bits per heavy atom. The van der Waals surface area contributed by atoms with Crippen LogP contribution in [0.4, 0.5) is 0 Å². The lowest BCUT2D eigenvalue weighted by Gasteiger charge is -2.16. The number of oxazole rings is 1. The second-order valence-electron chi connectivity index (χ2n) is 7.24. The molecule has 0 amide bonds. The lowest BCUT2D eigenvalue weighted by atomic mass is 9.94. The van der Waals surface area contributed by atoms with Crippen LogP contribution in [0.1, 0.15) is 58.5 Å². The van der Waals surface area contributed by atoms with Gasteiger partial charge in [0.1, 0.15) is 18.1 Å². The van der Waals surface area contributed by atoms with Crippen molar-refractivity contribution in [1.82, 2.24) is 15.6 Å². The van der Waals surface area contributed by atoms with Crippen LogP contribution < -0.4 is 10.6 Å². The maximum atomic E-state index is 5.80. The molecule has 0 saturated carbocycles. The third kappa shape index (κ3) is 7.39. The maximum Gasteiger partial charge on any atom is 0.216 e. The van der Waals surface area contributed by atoms with Gasteiger partial charge in [-0.05, 0) is 25.5 Å². The number of halogens is 1. The zero-order chi connectivity index (χ0) is 18.3. The van der Waals surface area contributed by atoms with Gasteiger partial charge in [0.15, 0.2) is 5.96 Å². The van der Waals surface area contributed by atoms with Crippen LogP contribution in [0.15, 0.2) is 38.4 Å². The topological polar surface area (TPSA) is 75.6 Å². The number of guanidine groups is 1. The minimum absolute atomic E-state index is 0. The first kappa shape index (κ1) is 22.5. The molecule has 26 heavy (non-hydrogen) atoms. The maximum absolute atomic E-state index is 5.80. The van der Waals surface area contributed by atoms with Gasteiger partial charge in [-0.25, -0.2) is 9.98 Å². The normalized spacial score (nSPS) is 13.2. The zero-order valence-electron chi connectivity index (χ0n) is 16.3. The highest BCUT2D eigenvalue weighted by atomic mass is 127. The molecule has 7 heteroatoms. The molecule has 6 nitrogen and oxygen atoms in total. The Labute approximate surface area is 173 Å². The van der Waals surface area contributed by atoms with Gasteiger partial charge >= 0.3 is 0 Å². The largest absolute Gasteiger partial charge is 0.469 e. The van der Waals surface area contributed by atoms with Crippen molar-refractivity contribution in [2.24, 2.45) is 4.99 Å². The zero-order valence-corrected chi connectivity index (χ0v) is 18.7. The Bertz CT molecular complexity index is 659. The number of nitrogens with one attached hydrogen (secondary N) is 2. The molecule has 0 aliphatic rings. The van der Waals surface area contributed by atoms with Crippen LogP contribution in [-0.2, 0) is 18.4 Å². The number of furan rings is 1. The number of hydrogen-bond acceptors (Lipinski definition) is 4. The molecule has 0 bridgehead atoms. The Hall–Kier alpha value is -1.51. The van der Waals surface area contributed by atoms with E-state index in [0.29, 0.717) is 18.5 Å². The average Bonchev–Trinajstić information content (AvgIpc) is 3.23. The molecular formula is C19H31IN4O2. The van der Waals surface area contributed by atoms with Crippen molar-refractivity contribution in [3.05, 3.63) is 42.0 Å². The number of nitrogens with zero attached hydrogens (tertiary/aromatic N) is 2. The van der Waals surface area contributed by atoms with Crippen molar-refractivity contribution in [3.8, 4) is 0 Å². The molecule has 2 heterocycles. The molecule has 0 fully saturated rings. The van der Waals surface area contributed by atoms with Crippen molar-refractivity contribution in [2.45, 2.75) is 65.5 Å². The second kappa shape index (κ2) is 10.6. The first-order valence-corrected chi connectivity index (χ1v) is 8.91. The van der Waals surface area contributed by atoms with Crippen molar-refractivity contribution in [1.29, 1.82) is 0 Å². The Kier molecular flexibility index (Phi) is 9.18. The summed E-state index contributed by atoms with van der Waals surface area (Å²) in [5.41, 5.74) is -0.0476. The van der Waals surface area contributed by atoms with Crippen LogP contribution in [0, 0.1) is 0 Å². The van der Waals surface area contributed by atoms with Crippen LogP contribution in [0.5, 0.6) is 0 Å². The minimum atomic E-state index is -0.0476. The van der Waals surface area contributed by atoms with Gasteiger partial charge in [-0.3, -0.25) is 0 Å². The molecule has 2 rings (SSSR count). The van der Waals surface area contributed by atoms with E-state index in [2.05, 4.69) is 55.2 Å². The Morgan fingerprint density at radius 2 is 2.12 bits per heavy atom. The predicted octanol–water partition coefficient (Wildman–Crippen LogP) is 4.26. The molecular weight excluding hydrogens is 443 g/mol. The summed E-state index contributed by atoms with van der Waals surface area (Å²) in [5, 5.41) is 6.73. The van der Waals surface area contributed by atoms with Gasteiger partial charge in [-0.15, -0.1) is 24.0 Å².